The molecule has 1 aromatic carbocycles. The average Bonchev–Trinajstić information content (AvgIpc) is 3.26. The Morgan fingerprint density at radius 3 is 2.75 bits per heavy atom. The molecular weight excluding hydrogens is 308 g/mol. The number of hydrogen-bond donors (Lipinski definition) is 1. The second-order valence-corrected chi connectivity index (χ2v) is 6.50. The van der Waals surface area contributed by atoms with E-state index in [4.69, 9.17) is 0 Å². The molecule has 2 aliphatic heterocycles. The van der Waals surface area contributed by atoms with Gasteiger partial charge in [0.2, 0.25) is 0 Å². The molecule has 0 aliphatic carbocycles. The summed E-state index contributed by atoms with van der Waals surface area (Å²) in [5, 5.41) is 13.9. The van der Waals surface area contributed by atoms with E-state index >= 15 is 0 Å². The molecule has 2 saturated heterocycles. The third-order valence-electron chi connectivity index (χ3n) is 4.97. The number of nitro groups is 1. The highest BCUT2D eigenvalue weighted by molar-refractivity contribution is 5.74. The molecule has 1 aromatic rings. The maximum absolute atomic E-state index is 12.3. The van der Waals surface area contributed by atoms with Gasteiger partial charge in [0.1, 0.15) is 0 Å². The Hall–Kier alpha value is -2.15. The molecule has 0 aromatic heterocycles. The van der Waals surface area contributed by atoms with Gasteiger partial charge in [-0.3, -0.25) is 15.0 Å². The fourth-order valence-corrected chi connectivity index (χ4v) is 3.65. The fraction of sp³-hybridized carbons (Fsp3) is 0.588. The van der Waals surface area contributed by atoms with Crippen molar-refractivity contribution >= 4 is 11.7 Å². The topological polar surface area (TPSA) is 78.7 Å². The minimum absolute atomic E-state index is 0.0599. The van der Waals surface area contributed by atoms with Gasteiger partial charge in [0.25, 0.3) is 5.69 Å². The molecule has 24 heavy (non-hydrogen) atoms. The lowest BCUT2D eigenvalue weighted by Crippen LogP contribution is -2.42. The molecule has 0 bridgehead atoms. The zero-order valence-corrected chi connectivity index (χ0v) is 13.8. The number of amides is 2. The number of rotatable bonds is 5. The number of para-hydroxylation sites is 1. The summed E-state index contributed by atoms with van der Waals surface area (Å²) >= 11 is 0. The SMILES string of the molecule is O=C(NCCc1ccccc1[N+](=O)[O-])N1CC[C@H](N2CCCC2)C1. The largest absolute Gasteiger partial charge is 0.338 e. The third kappa shape index (κ3) is 3.84. The van der Waals surface area contributed by atoms with Crippen molar-refractivity contribution in [1.82, 2.24) is 15.1 Å². The Bertz CT molecular complexity index is 601. The molecule has 0 radical (unpaired) electrons. The van der Waals surface area contributed by atoms with Crippen molar-refractivity contribution in [2.75, 3.05) is 32.7 Å². The Labute approximate surface area is 141 Å². The van der Waals surface area contributed by atoms with Crippen LogP contribution in [-0.4, -0.2) is 59.5 Å². The lowest BCUT2D eigenvalue weighted by Gasteiger charge is -2.23. The number of carbonyl (C=O) groups is 1. The van der Waals surface area contributed by atoms with E-state index in [-0.39, 0.29) is 16.6 Å². The van der Waals surface area contributed by atoms with E-state index < -0.39 is 0 Å². The van der Waals surface area contributed by atoms with Crippen molar-refractivity contribution in [2.24, 2.45) is 0 Å². The minimum Gasteiger partial charge on any atom is -0.338 e. The highest BCUT2D eigenvalue weighted by Crippen LogP contribution is 2.20. The van der Waals surface area contributed by atoms with Crippen molar-refractivity contribution in [3.05, 3.63) is 39.9 Å². The predicted molar refractivity (Wildman–Crippen MR) is 91.0 cm³/mol. The van der Waals surface area contributed by atoms with Crippen LogP contribution in [-0.2, 0) is 6.42 Å². The molecule has 0 spiro atoms. The summed E-state index contributed by atoms with van der Waals surface area (Å²) in [7, 11) is 0. The van der Waals surface area contributed by atoms with E-state index in [2.05, 4.69) is 10.2 Å². The molecule has 2 amide bonds. The maximum atomic E-state index is 12.3. The highest BCUT2D eigenvalue weighted by atomic mass is 16.6. The van der Waals surface area contributed by atoms with Crippen LogP contribution in [0.3, 0.4) is 0 Å². The van der Waals surface area contributed by atoms with Crippen LogP contribution in [0, 0.1) is 10.1 Å². The van der Waals surface area contributed by atoms with Crippen LogP contribution in [0.4, 0.5) is 10.5 Å². The second kappa shape index (κ2) is 7.61. The van der Waals surface area contributed by atoms with Crippen molar-refractivity contribution in [1.29, 1.82) is 0 Å². The van der Waals surface area contributed by atoms with Crippen LogP contribution >= 0.6 is 0 Å². The molecule has 1 atom stereocenters. The summed E-state index contributed by atoms with van der Waals surface area (Å²) < 4.78 is 0. The van der Waals surface area contributed by atoms with Crippen molar-refractivity contribution in [3.8, 4) is 0 Å². The van der Waals surface area contributed by atoms with E-state index in [1.807, 2.05) is 4.90 Å². The van der Waals surface area contributed by atoms with Crippen LogP contribution in [0.1, 0.15) is 24.8 Å². The monoisotopic (exact) mass is 332 g/mol. The van der Waals surface area contributed by atoms with Crippen LogP contribution < -0.4 is 5.32 Å². The van der Waals surface area contributed by atoms with Gasteiger partial charge in [-0.25, -0.2) is 4.79 Å². The van der Waals surface area contributed by atoms with Crippen molar-refractivity contribution in [2.45, 2.75) is 31.7 Å². The van der Waals surface area contributed by atoms with Gasteiger partial charge >= 0.3 is 6.03 Å². The smallest absolute Gasteiger partial charge is 0.317 e. The Morgan fingerprint density at radius 2 is 2.00 bits per heavy atom. The van der Waals surface area contributed by atoms with Crippen LogP contribution in [0.25, 0.3) is 0 Å². The van der Waals surface area contributed by atoms with Crippen LogP contribution in [0.2, 0.25) is 0 Å². The second-order valence-electron chi connectivity index (χ2n) is 6.50. The zero-order valence-electron chi connectivity index (χ0n) is 13.8. The molecule has 0 unspecified atom stereocenters. The first-order chi connectivity index (χ1) is 11.6. The molecule has 130 valence electrons. The number of nitro benzene ring substituents is 1. The van der Waals surface area contributed by atoms with Gasteiger partial charge in [0, 0.05) is 37.3 Å². The zero-order chi connectivity index (χ0) is 16.9. The van der Waals surface area contributed by atoms with E-state index in [9.17, 15) is 14.9 Å². The highest BCUT2D eigenvalue weighted by Gasteiger charge is 2.31. The average molecular weight is 332 g/mol. The van der Waals surface area contributed by atoms with Gasteiger partial charge in [-0.05, 0) is 38.8 Å². The third-order valence-corrected chi connectivity index (χ3v) is 4.97. The predicted octanol–water partition coefficient (Wildman–Crippen LogP) is 2.02. The molecular formula is C17H24N4O3. The number of urea groups is 1. The van der Waals surface area contributed by atoms with E-state index in [0.29, 0.717) is 24.6 Å². The van der Waals surface area contributed by atoms with Crippen molar-refractivity contribution < 1.29 is 9.72 Å². The molecule has 2 heterocycles. The molecule has 2 fully saturated rings. The molecule has 7 nitrogen and oxygen atoms in total. The summed E-state index contributed by atoms with van der Waals surface area (Å²) in [5.41, 5.74) is 0.765. The maximum Gasteiger partial charge on any atom is 0.317 e. The van der Waals surface area contributed by atoms with E-state index in [0.717, 1.165) is 32.6 Å². The summed E-state index contributed by atoms with van der Waals surface area (Å²) in [6.45, 7) is 4.29. The van der Waals surface area contributed by atoms with Gasteiger partial charge in [-0.15, -0.1) is 0 Å². The van der Waals surface area contributed by atoms with Crippen molar-refractivity contribution in [3.63, 3.8) is 0 Å². The summed E-state index contributed by atoms with van der Waals surface area (Å²) in [6, 6.07) is 7.11. The summed E-state index contributed by atoms with van der Waals surface area (Å²) in [4.78, 5) is 27.2. The number of hydrogen-bond acceptors (Lipinski definition) is 4. The van der Waals surface area contributed by atoms with Gasteiger partial charge < -0.3 is 10.2 Å². The van der Waals surface area contributed by atoms with Gasteiger partial charge in [0.15, 0.2) is 0 Å². The lowest BCUT2D eigenvalue weighted by atomic mass is 10.1. The number of benzene rings is 1. The number of nitrogens with one attached hydrogen (secondary N) is 1. The first-order valence-corrected chi connectivity index (χ1v) is 8.64. The molecule has 1 N–H and O–H groups in total. The number of carbonyl (C=O) groups excluding carboxylic acids is 1. The summed E-state index contributed by atoms with van der Waals surface area (Å²) in [5.74, 6) is 0. The summed E-state index contributed by atoms with van der Waals surface area (Å²) in [6.07, 6.45) is 4.03. The van der Waals surface area contributed by atoms with Gasteiger partial charge in [-0.2, -0.15) is 0 Å². The first kappa shape index (κ1) is 16.7. The standard InChI is InChI=1S/C17H24N4O3/c22-17(20-12-8-15(13-20)19-10-3-4-11-19)18-9-7-14-5-1-2-6-16(14)21(23)24/h1-2,5-6,15H,3-4,7-13H2,(H,18,22)/t15-/m0/s1. The molecule has 0 saturated carbocycles. The molecule has 3 rings (SSSR count). The van der Waals surface area contributed by atoms with Gasteiger partial charge in [0.05, 0.1) is 4.92 Å². The first-order valence-electron chi connectivity index (χ1n) is 8.64. The fourth-order valence-electron chi connectivity index (χ4n) is 3.65. The Kier molecular flexibility index (Phi) is 5.30. The van der Waals surface area contributed by atoms with Crippen LogP contribution in [0.5, 0.6) is 0 Å². The number of nitrogens with zero attached hydrogens (tertiary/aromatic N) is 3. The minimum atomic E-state index is -0.377. The van der Waals surface area contributed by atoms with E-state index in [1.54, 1.807) is 18.2 Å². The molecule has 2 aliphatic rings. The Balaban J connectivity index is 1.45. The quantitative estimate of drug-likeness (QED) is 0.661. The van der Waals surface area contributed by atoms with Crippen LogP contribution in [0.15, 0.2) is 24.3 Å². The van der Waals surface area contributed by atoms with Gasteiger partial charge in [-0.1, -0.05) is 18.2 Å². The lowest BCUT2D eigenvalue weighted by molar-refractivity contribution is -0.385. The molecule has 7 heteroatoms. The number of likely N-dealkylation sites (tertiary alicyclic amines) is 2. The van der Waals surface area contributed by atoms with E-state index in [1.165, 1.54) is 18.9 Å². The Morgan fingerprint density at radius 1 is 1.25 bits per heavy atom. The normalized spacial score (nSPS) is 21.2.